The van der Waals surface area contributed by atoms with Crippen molar-refractivity contribution in [1.29, 1.82) is 0 Å². The molecule has 15 heavy (non-hydrogen) atoms. The molecule has 1 fully saturated rings. The lowest BCUT2D eigenvalue weighted by Crippen LogP contribution is -2.27. The molecule has 0 aromatic rings. The number of carbonyl (C=O) groups is 1. The normalized spacial score (nSPS) is 26.9. The first-order chi connectivity index (χ1) is 7.13. The highest BCUT2D eigenvalue weighted by molar-refractivity contribution is 7.99. The molecule has 1 aliphatic rings. The molecule has 2 atom stereocenters. The molecule has 0 aromatic carbocycles. The Hall–Kier alpha value is -0.480. The van der Waals surface area contributed by atoms with Gasteiger partial charge in [0.1, 0.15) is 0 Å². The first-order valence-corrected chi connectivity index (χ1v) is 6.58. The summed E-state index contributed by atoms with van der Waals surface area (Å²) in [6.45, 7) is 2.30. The topological polar surface area (TPSA) is 49.3 Å². The minimum atomic E-state index is -0.829. The third-order valence-corrected chi connectivity index (χ3v) is 3.96. The first kappa shape index (κ1) is 12.6. The van der Waals surface area contributed by atoms with Crippen molar-refractivity contribution in [3.8, 4) is 0 Å². The summed E-state index contributed by atoms with van der Waals surface area (Å²) in [7, 11) is 0. The van der Waals surface area contributed by atoms with E-state index >= 15 is 0 Å². The molecule has 0 amide bonds. The Morgan fingerprint density at radius 2 is 2.33 bits per heavy atom. The largest absolute Gasteiger partial charge is 0.478 e. The second-order valence-electron chi connectivity index (χ2n) is 3.97. The quantitative estimate of drug-likeness (QED) is 0.707. The van der Waals surface area contributed by atoms with Crippen LogP contribution in [0.2, 0.25) is 0 Å². The van der Waals surface area contributed by atoms with Gasteiger partial charge in [-0.25, -0.2) is 4.79 Å². The number of nitrogens with one attached hydrogen (secondary N) is 1. The van der Waals surface area contributed by atoms with E-state index in [1.807, 2.05) is 11.8 Å². The highest BCUT2D eigenvalue weighted by atomic mass is 32.2. The van der Waals surface area contributed by atoms with Gasteiger partial charge in [-0.3, -0.25) is 0 Å². The molecule has 0 heterocycles. The lowest BCUT2D eigenvalue weighted by atomic mass is 10.2. The van der Waals surface area contributed by atoms with Crippen molar-refractivity contribution in [2.75, 3.05) is 12.8 Å². The number of carboxylic acids is 1. The van der Waals surface area contributed by atoms with Gasteiger partial charge >= 0.3 is 5.97 Å². The second kappa shape index (κ2) is 6.18. The Morgan fingerprint density at radius 3 is 2.87 bits per heavy atom. The highest BCUT2D eigenvalue weighted by Gasteiger charge is 2.22. The van der Waals surface area contributed by atoms with Crippen LogP contribution in [0, 0.1) is 0 Å². The van der Waals surface area contributed by atoms with E-state index in [0.717, 1.165) is 5.25 Å². The lowest BCUT2D eigenvalue weighted by Gasteiger charge is -2.10. The van der Waals surface area contributed by atoms with Crippen LogP contribution in [0.15, 0.2) is 11.6 Å². The average Bonchev–Trinajstić information content (AvgIpc) is 2.65. The zero-order valence-electron chi connectivity index (χ0n) is 9.32. The molecule has 1 saturated carbocycles. The Bertz CT molecular complexity index is 253. The van der Waals surface area contributed by atoms with Gasteiger partial charge in [-0.2, -0.15) is 11.8 Å². The molecule has 0 spiro atoms. The van der Waals surface area contributed by atoms with Gasteiger partial charge in [0.2, 0.25) is 0 Å². The predicted molar refractivity (Wildman–Crippen MR) is 64.3 cm³/mol. The molecular weight excluding hydrogens is 210 g/mol. The maximum Gasteiger partial charge on any atom is 0.330 e. The fraction of sp³-hybridized carbons (Fsp3) is 0.727. The summed E-state index contributed by atoms with van der Waals surface area (Å²) in [4.78, 5) is 10.5. The fourth-order valence-corrected chi connectivity index (χ4v) is 2.60. The maximum atomic E-state index is 10.5. The third kappa shape index (κ3) is 4.26. The van der Waals surface area contributed by atoms with E-state index in [-0.39, 0.29) is 0 Å². The van der Waals surface area contributed by atoms with E-state index in [1.54, 1.807) is 13.0 Å². The molecule has 2 N–H and O–H groups in total. The van der Waals surface area contributed by atoms with Gasteiger partial charge in [0, 0.05) is 23.4 Å². The molecule has 0 bridgehead atoms. The molecule has 1 rings (SSSR count). The number of aliphatic carboxylic acids is 1. The maximum absolute atomic E-state index is 10.5. The SMILES string of the molecule is CSC1CCC(NC/C=C(/C)C(=O)O)C1. The summed E-state index contributed by atoms with van der Waals surface area (Å²) in [6.07, 6.45) is 7.60. The predicted octanol–water partition coefficient (Wildman–Crippen LogP) is 1.89. The van der Waals surface area contributed by atoms with E-state index < -0.39 is 5.97 Å². The number of thioether (sulfide) groups is 1. The fourth-order valence-electron chi connectivity index (χ4n) is 1.81. The highest BCUT2D eigenvalue weighted by Crippen LogP contribution is 2.27. The van der Waals surface area contributed by atoms with Crippen LogP contribution in [-0.2, 0) is 4.79 Å². The number of hydrogen-bond donors (Lipinski definition) is 2. The lowest BCUT2D eigenvalue weighted by molar-refractivity contribution is -0.132. The zero-order valence-corrected chi connectivity index (χ0v) is 10.1. The Balaban J connectivity index is 2.21. The molecule has 0 saturated heterocycles. The molecule has 4 heteroatoms. The summed E-state index contributed by atoms with van der Waals surface area (Å²) in [5, 5.41) is 12.8. The molecule has 1 aliphatic carbocycles. The minimum absolute atomic E-state index is 0.418. The van der Waals surface area contributed by atoms with Crippen LogP contribution in [0.4, 0.5) is 0 Å². The van der Waals surface area contributed by atoms with Crippen LogP contribution < -0.4 is 5.32 Å². The van der Waals surface area contributed by atoms with Crippen LogP contribution in [0.1, 0.15) is 26.2 Å². The van der Waals surface area contributed by atoms with Crippen LogP contribution in [-0.4, -0.2) is 35.2 Å². The summed E-state index contributed by atoms with van der Waals surface area (Å²) < 4.78 is 0. The van der Waals surface area contributed by atoms with Crippen molar-refractivity contribution >= 4 is 17.7 Å². The van der Waals surface area contributed by atoms with Gasteiger partial charge in [0.15, 0.2) is 0 Å². The summed E-state index contributed by atoms with van der Waals surface area (Å²) >= 11 is 1.93. The van der Waals surface area contributed by atoms with Gasteiger partial charge in [-0.15, -0.1) is 0 Å². The van der Waals surface area contributed by atoms with Crippen LogP contribution in [0.3, 0.4) is 0 Å². The molecular formula is C11H19NO2S. The van der Waals surface area contributed by atoms with E-state index in [9.17, 15) is 4.79 Å². The summed E-state index contributed by atoms with van der Waals surface area (Å²) in [6, 6.07) is 0.570. The Labute approximate surface area is 95.3 Å². The van der Waals surface area contributed by atoms with Crippen LogP contribution in [0.5, 0.6) is 0 Å². The Kier molecular flexibility index (Phi) is 5.19. The smallest absolute Gasteiger partial charge is 0.330 e. The molecule has 3 nitrogen and oxygen atoms in total. The van der Waals surface area contributed by atoms with Crippen molar-refractivity contribution < 1.29 is 9.90 Å². The van der Waals surface area contributed by atoms with Crippen molar-refractivity contribution in [1.82, 2.24) is 5.32 Å². The molecule has 0 radical (unpaired) electrons. The average molecular weight is 229 g/mol. The first-order valence-electron chi connectivity index (χ1n) is 5.29. The summed E-state index contributed by atoms with van der Waals surface area (Å²) in [5.41, 5.74) is 0.418. The standard InChI is InChI=1S/C11H19NO2S/c1-8(11(13)14)5-6-12-9-3-4-10(7-9)15-2/h5,9-10,12H,3-4,6-7H2,1-2H3,(H,13,14)/b8-5-. The van der Waals surface area contributed by atoms with Crippen molar-refractivity contribution in [3.05, 3.63) is 11.6 Å². The van der Waals surface area contributed by atoms with Crippen molar-refractivity contribution in [2.24, 2.45) is 0 Å². The summed E-state index contributed by atoms with van der Waals surface area (Å²) in [5.74, 6) is -0.829. The van der Waals surface area contributed by atoms with E-state index in [0.29, 0.717) is 18.2 Å². The van der Waals surface area contributed by atoms with Crippen molar-refractivity contribution in [2.45, 2.75) is 37.5 Å². The van der Waals surface area contributed by atoms with Gasteiger partial charge < -0.3 is 10.4 Å². The molecule has 0 aromatic heterocycles. The van der Waals surface area contributed by atoms with Crippen molar-refractivity contribution in [3.63, 3.8) is 0 Å². The van der Waals surface area contributed by atoms with Crippen LogP contribution >= 0.6 is 11.8 Å². The van der Waals surface area contributed by atoms with Gasteiger partial charge in [0.25, 0.3) is 0 Å². The van der Waals surface area contributed by atoms with Gasteiger partial charge in [-0.05, 0) is 32.4 Å². The number of hydrogen-bond acceptors (Lipinski definition) is 3. The molecule has 0 aliphatic heterocycles. The number of carboxylic acid groups (broad SMARTS) is 1. The van der Waals surface area contributed by atoms with Gasteiger partial charge in [-0.1, -0.05) is 6.08 Å². The Morgan fingerprint density at radius 1 is 1.60 bits per heavy atom. The van der Waals surface area contributed by atoms with Crippen LogP contribution in [0.25, 0.3) is 0 Å². The van der Waals surface area contributed by atoms with E-state index in [4.69, 9.17) is 5.11 Å². The number of rotatable bonds is 5. The second-order valence-corrected chi connectivity index (χ2v) is 5.11. The molecule has 2 unspecified atom stereocenters. The minimum Gasteiger partial charge on any atom is -0.478 e. The molecule has 86 valence electrons. The third-order valence-electron chi connectivity index (χ3n) is 2.87. The van der Waals surface area contributed by atoms with Gasteiger partial charge in [0.05, 0.1) is 0 Å². The van der Waals surface area contributed by atoms with E-state index in [2.05, 4.69) is 11.6 Å². The monoisotopic (exact) mass is 229 g/mol. The zero-order chi connectivity index (χ0) is 11.3. The van der Waals surface area contributed by atoms with E-state index in [1.165, 1.54) is 19.3 Å².